The van der Waals surface area contributed by atoms with E-state index in [9.17, 15) is 14.4 Å². The van der Waals surface area contributed by atoms with Gasteiger partial charge < -0.3 is 18.6 Å². The number of ketones is 1. The van der Waals surface area contributed by atoms with Crippen LogP contribution in [-0.4, -0.2) is 30.9 Å². The van der Waals surface area contributed by atoms with Crippen molar-refractivity contribution in [2.24, 2.45) is 0 Å². The molecule has 0 saturated carbocycles. The number of ether oxygens (including phenoxy) is 3. The van der Waals surface area contributed by atoms with Crippen molar-refractivity contribution in [1.29, 1.82) is 0 Å². The molecule has 138 valence electrons. The topological polar surface area (TPSA) is 92.0 Å². The highest BCUT2D eigenvalue weighted by Gasteiger charge is 2.21. The minimum absolute atomic E-state index is 0.0826. The summed E-state index contributed by atoms with van der Waals surface area (Å²) in [5.41, 5.74) is 1.34. The number of rotatable bonds is 9. The lowest BCUT2D eigenvalue weighted by molar-refractivity contribution is -0.137. The van der Waals surface area contributed by atoms with Crippen LogP contribution >= 0.6 is 0 Å². The lowest BCUT2D eigenvalue weighted by Gasteiger charge is -2.05. The van der Waals surface area contributed by atoms with Crippen molar-refractivity contribution in [1.82, 2.24) is 0 Å². The second kappa shape index (κ2) is 9.53. The third-order valence-electron chi connectivity index (χ3n) is 3.32. The number of hydrogen-bond acceptors (Lipinski definition) is 7. The second-order valence-corrected chi connectivity index (χ2v) is 5.23. The van der Waals surface area contributed by atoms with Crippen molar-refractivity contribution in [2.75, 3.05) is 13.2 Å². The van der Waals surface area contributed by atoms with E-state index in [1.54, 1.807) is 44.2 Å². The van der Waals surface area contributed by atoms with Gasteiger partial charge in [-0.1, -0.05) is 12.1 Å². The molecule has 0 amide bonds. The van der Waals surface area contributed by atoms with E-state index in [1.165, 1.54) is 6.07 Å². The maximum absolute atomic E-state index is 11.7. The van der Waals surface area contributed by atoms with Gasteiger partial charge in [0.25, 0.3) is 0 Å². The van der Waals surface area contributed by atoms with E-state index in [1.807, 2.05) is 0 Å². The maximum atomic E-state index is 11.7. The smallest absolute Gasteiger partial charge is 0.383 e. The standard InChI is InChI=1S/C19H20O7/c1-3-24-18(21)14-7-5-13(6-8-14)11-23-12-15-9-10-16(26-15)17(20)19(22)25-4-2/h5-10H,3-4,11-12H2,1-2H3. The molecule has 0 saturated heterocycles. The normalized spacial score (nSPS) is 10.4. The first-order chi connectivity index (χ1) is 12.5. The fourth-order valence-corrected chi connectivity index (χ4v) is 2.10. The van der Waals surface area contributed by atoms with Gasteiger partial charge in [-0.2, -0.15) is 0 Å². The molecule has 0 bridgehead atoms. The molecule has 0 atom stereocenters. The Bertz CT molecular complexity index is 758. The Kier molecular flexibility index (Phi) is 7.11. The average molecular weight is 360 g/mol. The molecule has 0 aliphatic heterocycles. The zero-order valence-electron chi connectivity index (χ0n) is 14.7. The van der Waals surface area contributed by atoms with E-state index in [2.05, 4.69) is 4.74 Å². The summed E-state index contributed by atoms with van der Waals surface area (Å²) < 4.78 is 20.4. The van der Waals surface area contributed by atoms with Gasteiger partial charge in [-0.15, -0.1) is 0 Å². The molecule has 0 aliphatic rings. The Hall–Kier alpha value is -2.93. The Labute approximate surface area is 150 Å². The number of carbonyl (C=O) groups excluding carboxylic acids is 3. The van der Waals surface area contributed by atoms with Crippen LogP contribution in [0.15, 0.2) is 40.8 Å². The summed E-state index contributed by atoms with van der Waals surface area (Å²) in [5.74, 6) is -1.81. The first-order valence-corrected chi connectivity index (χ1v) is 8.19. The first kappa shape index (κ1) is 19.4. The van der Waals surface area contributed by atoms with E-state index in [0.29, 0.717) is 24.5 Å². The molecule has 7 nitrogen and oxygen atoms in total. The van der Waals surface area contributed by atoms with Crippen LogP contribution in [0.3, 0.4) is 0 Å². The highest BCUT2D eigenvalue weighted by Crippen LogP contribution is 2.13. The predicted octanol–water partition coefficient (Wildman–Crippen LogP) is 2.92. The van der Waals surface area contributed by atoms with Crippen LogP contribution in [0.5, 0.6) is 0 Å². The van der Waals surface area contributed by atoms with Crippen molar-refractivity contribution < 1.29 is 33.0 Å². The van der Waals surface area contributed by atoms with E-state index in [4.69, 9.17) is 13.9 Å². The average Bonchev–Trinajstić information content (AvgIpc) is 3.11. The number of carbonyl (C=O) groups is 3. The molecule has 1 aromatic carbocycles. The van der Waals surface area contributed by atoms with Gasteiger partial charge in [0.2, 0.25) is 0 Å². The summed E-state index contributed by atoms with van der Waals surface area (Å²) in [4.78, 5) is 34.7. The predicted molar refractivity (Wildman–Crippen MR) is 90.6 cm³/mol. The number of furan rings is 1. The van der Waals surface area contributed by atoms with Crippen LogP contribution < -0.4 is 0 Å². The summed E-state index contributed by atoms with van der Waals surface area (Å²) in [6.07, 6.45) is 0. The Morgan fingerprint density at radius 3 is 2.23 bits per heavy atom. The third-order valence-corrected chi connectivity index (χ3v) is 3.32. The quantitative estimate of drug-likeness (QED) is 0.386. The summed E-state index contributed by atoms with van der Waals surface area (Å²) >= 11 is 0. The molecule has 0 radical (unpaired) electrons. The van der Waals surface area contributed by atoms with Crippen molar-refractivity contribution >= 4 is 17.7 Å². The second-order valence-electron chi connectivity index (χ2n) is 5.23. The molecule has 0 fully saturated rings. The Morgan fingerprint density at radius 1 is 0.885 bits per heavy atom. The molecule has 0 unspecified atom stereocenters. The SMILES string of the molecule is CCOC(=O)C(=O)c1ccc(COCc2ccc(C(=O)OCC)cc2)o1. The van der Waals surface area contributed by atoms with Gasteiger partial charge >= 0.3 is 17.7 Å². The molecule has 26 heavy (non-hydrogen) atoms. The van der Waals surface area contributed by atoms with E-state index in [-0.39, 0.29) is 24.9 Å². The van der Waals surface area contributed by atoms with Crippen LogP contribution in [0, 0.1) is 0 Å². The molecule has 0 spiro atoms. The van der Waals surface area contributed by atoms with Gasteiger partial charge in [0.05, 0.1) is 25.4 Å². The number of esters is 2. The zero-order chi connectivity index (χ0) is 18.9. The third kappa shape index (κ3) is 5.29. The Balaban J connectivity index is 1.84. The van der Waals surface area contributed by atoms with Crippen molar-refractivity contribution in [3.8, 4) is 0 Å². The summed E-state index contributed by atoms with van der Waals surface area (Å²) in [6, 6.07) is 9.84. The molecule has 1 heterocycles. The van der Waals surface area contributed by atoms with E-state index in [0.717, 1.165) is 5.56 Å². The van der Waals surface area contributed by atoms with Crippen LogP contribution in [0.1, 0.15) is 46.1 Å². The molecule has 2 rings (SSSR count). The molecule has 0 N–H and O–H groups in total. The first-order valence-electron chi connectivity index (χ1n) is 8.19. The maximum Gasteiger partial charge on any atom is 0.383 e. The fourth-order valence-electron chi connectivity index (χ4n) is 2.10. The molecular formula is C19H20O7. The fraction of sp³-hybridized carbons (Fsp3) is 0.316. The minimum Gasteiger partial charge on any atom is -0.462 e. The van der Waals surface area contributed by atoms with Crippen LogP contribution in [-0.2, 0) is 32.2 Å². The van der Waals surface area contributed by atoms with Gasteiger partial charge in [0.1, 0.15) is 12.4 Å². The molecule has 7 heteroatoms. The van der Waals surface area contributed by atoms with Gasteiger partial charge in [0.15, 0.2) is 5.76 Å². The monoisotopic (exact) mass is 360 g/mol. The van der Waals surface area contributed by atoms with Crippen molar-refractivity contribution in [3.63, 3.8) is 0 Å². The van der Waals surface area contributed by atoms with Crippen molar-refractivity contribution in [3.05, 3.63) is 59.0 Å². The molecular weight excluding hydrogens is 340 g/mol. The lowest BCUT2D eigenvalue weighted by atomic mass is 10.1. The van der Waals surface area contributed by atoms with Gasteiger partial charge in [-0.3, -0.25) is 4.79 Å². The summed E-state index contributed by atoms with van der Waals surface area (Å²) in [6.45, 7) is 4.25. The van der Waals surface area contributed by atoms with Gasteiger partial charge in [-0.05, 0) is 43.7 Å². The number of benzene rings is 1. The number of Topliss-reactive ketones (excluding diaryl/α,β-unsaturated/α-hetero) is 1. The van der Waals surface area contributed by atoms with E-state index < -0.39 is 11.8 Å². The molecule has 1 aromatic heterocycles. The molecule has 2 aromatic rings. The van der Waals surface area contributed by atoms with Crippen LogP contribution in [0.25, 0.3) is 0 Å². The highest BCUT2D eigenvalue weighted by atomic mass is 16.5. The Morgan fingerprint density at radius 2 is 1.58 bits per heavy atom. The largest absolute Gasteiger partial charge is 0.462 e. The summed E-state index contributed by atoms with van der Waals surface area (Å²) in [7, 11) is 0. The number of hydrogen-bond donors (Lipinski definition) is 0. The summed E-state index contributed by atoms with van der Waals surface area (Å²) in [5, 5.41) is 0. The van der Waals surface area contributed by atoms with E-state index >= 15 is 0 Å². The zero-order valence-corrected chi connectivity index (χ0v) is 14.7. The van der Waals surface area contributed by atoms with Crippen LogP contribution in [0.2, 0.25) is 0 Å². The van der Waals surface area contributed by atoms with Crippen molar-refractivity contribution in [2.45, 2.75) is 27.1 Å². The minimum atomic E-state index is -0.948. The lowest BCUT2D eigenvalue weighted by Crippen LogP contribution is -2.16. The highest BCUT2D eigenvalue weighted by molar-refractivity contribution is 6.39. The van der Waals surface area contributed by atoms with Gasteiger partial charge in [-0.25, -0.2) is 9.59 Å². The van der Waals surface area contributed by atoms with Gasteiger partial charge in [0, 0.05) is 0 Å². The molecule has 0 aliphatic carbocycles. The van der Waals surface area contributed by atoms with Crippen LogP contribution in [0.4, 0.5) is 0 Å².